The minimum Gasteiger partial charge on any atom is -0.238 e. The Kier molecular flexibility index (Phi) is 3.47. The van der Waals surface area contributed by atoms with E-state index in [2.05, 4.69) is 17.7 Å². The molecule has 5 heteroatoms. The van der Waals surface area contributed by atoms with E-state index in [1.807, 2.05) is 23.7 Å². The average molecular weight is 273 g/mol. The summed E-state index contributed by atoms with van der Waals surface area (Å²) in [5.41, 5.74) is 3.01. The van der Waals surface area contributed by atoms with Crippen molar-refractivity contribution in [1.82, 2.24) is 9.78 Å². The van der Waals surface area contributed by atoms with E-state index in [9.17, 15) is 0 Å². The molecule has 0 aliphatic carbocycles. The fourth-order valence-corrected chi connectivity index (χ4v) is 2.35. The van der Waals surface area contributed by atoms with E-state index in [0.717, 1.165) is 16.9 Å². The second-order valence-corrected chi connectivity index (χ2v) is 4.64. The first kappa shape index (κ1) is 11.8. The van der Waals surface area contributed by atoms with E-state index in [1.54, 1.807) is 12.3 Å². The molecule has 0 bridgehead atoms. The molecule has 0 amide bonds. The summed E-state index contributed by atoms with van der Waals surface area (Å²) in [6, 6.07) is 5.36. The Labute approximate surface area is 110 Å². The summed E-state index contributed by atoms with van der Waals surface area (Å²) in [4.78, 5) is 0. The topological polar surface area (TPSA) is 17.8 Å². The fraction of sp³-hybridized carbons (Fsp3) is 0.182. The summed E-state index contributed by atoms with van der Waals surface area (Å²) < 4.78 is 1.81. The number of thiol groups is 1. The van der Waals surface area contributed by atoms with E-state index < -0.39 is 0 Å². The van der Waals surface area contributed by atoms with Gasteiger partial charge in [-0.2, -0.15) is 17.7 Å². The molecular weight excluding hydrogens is 263 g/mol. The minimum atomic E-state index is 0.602. The molecule has 2 aromatic rings. The second-order valence-electron chi connectivity index (χ2n) is 3.45. The van der Waals surface area contributed by atoms with Crippen LogP contribution in [0.4, 0.5) is 0 Å². The molecule has 0 saturated carbocycles. The van der Waals surface area contributed by atoms with Crippen LogP contribution < -0.4 is 0 Å². The van der Waals surface area contributed by atoms with Gasteiger partial charge in [-0.05, 0) is 25.1 Å². The molecule has 0 unspecified atom stereocenters. The maximum absolute atomic E-state index is 5.95. The van der Waals surface area contributed by atoms with Crippen LogP contribution in [0.2, 0.25) is 10.0 Å². The van der Waals surface area contributed by atoms with Crippen molar-refractivity contribution in [2.75, 3.05) is 0 Å². The first-order chi connectivity index (χ1) is 7.61. The molecule has 0 atom stereocenters. The van der Waals surface area contributed by atoms with Gasteiger partial charge in [0, 0.05) is 27.1 Å². The monoisotopic (exact) mass is 272 g/mol. The van der Waals surface area contributed by atoms with Crippen molar-refractivity contribution in [3.05, 3.63) is 45.7 Å². The predicted octanol–water partition coefficient (Wildman–Crippen LogP) is 3.92. The average Bonchev–Trinajstić information content (AvgIpc) is 2.58. The number of halogens is 2. The molecule has 84 valence electrons. The lowest BCUT2D eigenvalue weighted by Gasteiger charge is -2.06. The van der Waals surface area contributed by atoms with Crippen molar-refractivity contribution in [1.29, 1.82) is 0 Å². The highest BCUT2D eigenvalue weighted by molar-refractivity contribution is 7.79. The summed E-state index contributed by atoms with van der Waals surface area (Å²) in [6.07, 6.45) is 1.80. The SMILES string of the molecule is Cc1c(CS)cnn1-c1cc(Cl)cc(Cl)c1. The Morgan fingerprint density at radius 3 is 2.38 bits per heavy atom. The molecule has 0 radical (unpaired) electrons. The van der Waals surface area contributed by atoms with Crippen LogP contribution in [0.15, 0.2) is 24.4 Å². The normalized spacial score (nSPS) is 10.8. The van der Waals surface area contributed by atoms with Crippen molar-refractivity contribution in [3.63, 3.8) is 0 Å². The first-order valence-corrected chi connectivity index (χ1v) is 6.11. The van der Waals surface area contributed by atoms with Crippen LogP contribution in [0, 0.1) is 6.92 Å². The number of hydrogen-bond donors (Lipinski definition) is 1. The largest absolute Gasteiger partial charge is 0.238 e. The van der Waals surface area contributed by atoms with Crippen LogP contribution in [0.25, 0.3) is 5.69 Å². The highest BCUT2D eigenvalue weighted by Crippen LogP contribution is 2.23. The predicted molar refractivity (Wildman–Crippen MR) is 71.0 cm³/mol. The Bertz CT molecular complexity index is 502. The number of aromatic nitrogens is 2. The third-order valence-electron chi connectivity index (χ3n) is 2.37. The summed E-state index contributed by atoms with van der Waals surface area (Å²) in [6.45, 7) is 1.99. The lowest BCUT2D eigenvalue weighted by Crippen LogP contribution is -1.99. The quantitative estimate of drug-likeness (QED) is 0.821. The Morgan fingerprint density at radius 1 is 1.25 bits per heavy atom. The smallest absolute Gasteiger partial charge is 0.0678 e. The van der Waals surface area contributed by atoms with Crippen LogP contribution in [-0.4, -0.2) is 9.78 Å². The molecule has 16 heavy (non-hydrogen) atoms. The molecule has 0 fully saturated rings. The molecule has 0 saturated heterocycles. The maximum atomic E-state index is 5.95. The zero-order valence-corrected chi connectivity index (χ0v) is 11.0. The molecule has 1 aromatic heterocycles. The van der Waals surface area contributed by atoms with E-state index in [4.69, 9.17) is 23.2 Å². The number of rotatable bonds is 2. The maximum Gasteiger partial charge on any atom is 0.0678 e. The zero-order valence-electron chi connectivity index (χ0n) is 8.61. The van der Waals surface area contributed by atoms with Gasteiger partial charge in [-0.15, -0.1) is 0 Å². The molecular formula is C11H10Cl2N2S. The van der Waals surface area contributed by atoms with Crippen molar-refractivity contribution < 1.29 is 0 Å². The highest BCUT2D eigenvalue weighted by Gasteiger charge is 2.08. The molecule has 1 heterocycles. The van der Waals surface area contributed by atoms with Gasteiger partial charge in [0.1, 0.15) is 0 Å². The van der Waals surface area contributed by atoms with Gasteiger partial charge in [0.2, 0.25) is 0 Å². The van der Waals surface area contributed by atoms with Crippen molar-refractivity contribution in [2.45, 2.75) is 12.7 Å². The third kappa shape index (κ3) is 2.21. The van der Waals surface area contributed by atoms with E-state index >= 15 is 0 Å². The van der Waals surface area contributed by atoms with Gasteiger partial charge in [0.05, 0.1) is 11.9 Å². The highest BCUT2D eigenvalue weighted by atomic mass is 35.5. The number of benzene rings is 1. The Morgan fingerprint density at radius 2 is 1.88 bits per heavy atom. The number of hydrogen-bond acceptors (Lipinski definition) is 2. The van der Waals surface area contributed by atoms with Gasteiger partial charge >= 0.3 is 0 Å². The van der Waals surface area contributed by atoms with Crippen LogP contribution in [0.1, 0.15) is 11.3 Å². The standard InChI is InChI=1S/C11H10Cl2N2S/c1-7-8(6-16)5-14-15(7)11-3-9(12)2-10(13)4-11/h2-5,16H,6H2,1H3. The Hall–Kier alpha value is -0.640. The molecule has 0 N–H and O–H groups in total. The minimum absolute atomic E-state index is 0.602. The van der Waals surface area contributed by atoms with Crippen molar-refractivity contribution >= 4 is 35.8 Å². The Balaban J connectivity index is 2.54. The van der Waals surface area contributed by atoms with Gasteiger partial charge in [-0.25, -0.2) is 4.68 Å². The van der Waals surface area contributed by atoms with E-state index in [-0.39, 0.29) is 0 Å². The molecule has 2 nitrogen and oxygen atoms in total. The summed E-state index contributed by atoms with van der Waals surface area (Å²) in [5.74, 6) is 0.667. The molecule has 0 aliphatic rings. The summed E-state index contributed by atoms with van der Waals surface area (Å²) >= 11 is 16.1. The van der Waals surface area contributed by atoms with Crippen LogP contribution in [-0.2, 0) is 5.75 Å². The van der Waals surface area contributed by atoms with Gasteiger partial charge in [-0.3, -0.25) is 0 Å². The van der Waals surface area contributed by atoms with Gasteiger partial charge in [0.15, 0.2) is 0 Å². The molecule has 1 aromatic carbocycles. The second kappa shape index (κ2) is 4.70. The van der Waals surface area contributed by atoms with E-state index in [1.165, 1.54) is 0 Å². The van der Waals surface area contributed by atoms with Crippen LogP contribution in [0.5, 0.6) is 0 Å². The number of nitrogens with zero attached hydrogens (tertiary/aromatic N) is 2. The summed E-state index contributed by atoms with van der Waals surface area (Å²) in [5, 5.41) is 5.49. The van der Waals surface area contributed by atoms with Gasteiger partial charge in [-0.1, -0.05) is 23.2 Å². The molecule has 2 rings (SSSR count). The summed E-state index contributed by atoms with van der Waals surface area (Å²) in [7, 11) is 0. The molecule has 0 aliphatic heterocycles. The van der Waals surface area contributed by atoms with E-state index in [0.29, 0.717) is 15.8 Å². The van der Waals surface area contributed by atoms with Gasteiger partial charge in [0.25, 0.3) is 0 Å². The first-order valence-electron chi connectivity index (χ1n) is 4.72. The lowest BCUT2D eigenvalue weighted by molar-refractivity contribution is 0.845. The molecule has 0 spiro atoms. The van der Waals surface area contributed by atoms with Crippen LogP contribution >= 0.6 is 35.8 Å². The van der Waals surface area contributed by atoms with Crippen LogP contribution in [0.3, 0.4) is 0 Å². The third-order valence-corrected chi connectivity index (χ3v) is 3.15. The lowest BCUT2D eigenvalue weighted by atomic mass is 10.2. The van der Waals surface area contributed by atoms with Crippen molar-refractivity contribution in [2.24, 2.45) is 0 Å². The van der Waals surface area contributed by atoms with Crippen molar-refractivity contribution in [3.8, 4) is 5.69 Å². The van der Waals surface area contributed by atoms with Gasteiger partial charge < -0.3 is 0 Å². The zero-order chi connectivity index (χ0) is 11.7. The fourth-order valence-electron chi connectivity index (χ4n) is 1.52.